The van der Waals surface area contributed by atoms with E-state index in [1.807, 2.05) is 29.2 Å². The fraction of sp³-hybridized carbons (Fsp3) is 0.500. The van der Waals surface area contributed by atoms with Gasteiger partial charge in [-0.3, -0.25) is 4.79 Å². The molecule has 1 aliphatic rings. The Bertz CT molecular complexity index is 637. The largest absolute Gasteiger partial charge is 0.356 e. The summed E-state index contributed by atoms with van der Waals surface area (Å²) in [6.45, 7) is 2.62. The van der Waals surface area contributed by atoms with Gasteiger partial charge in [0.25, 0.3) is 0 Å². The van der Waals surface area contributed by atoms with Crippen LogP contribution in [0.5, 0.6) is 0 Å². The van der Waals surface area contributed by atoms with Crippen LogP contribution in [0.25, 0.3) is 11.0 Å². The summed E-state index contributed by atoms with van der Waals surface area (Å²) in [5.74, 6) is 0.0942. The lowest BCUT2D eigenvalue weighted by molar-refractivity contribution is -0.136. The molecule has 5 nitrogen and oxygen atoms in total. The third kappa shape index (κ3) is 2.65. The highest BCUT2D eigenvalue weighted by Crippen LogP contribution is 2.24. The third-order valence-electron chi connectivity index (χ3n) is 4.36. The van der Waals surface area contributed by atoms with Gasteiger partial charge in [0.05, 0.1) is 6.42 Å². The first-order valence-electron chi connectivity index (χ1n) is 7.55. The molecule has 21 heavy (non-hydrogen) atoms. The molecule has 2 atom stereocenters. The molecule has 0 aliphatic carbocycles. The van der Waals surface area contributed by atoms with E-state index in [1.54, 1.807) is 0 Å². The highest BCUT2D eigenvalue weighted by molar-refractivity contribution is 5.86. The lowest BCUT2D eigenvalue weighted by Crippen LogP contribution is -2.52. The van der Waals surface area contributed by atoms with Crippen molar-refractivity contribution in [3.63, 3.8) is 0 Å². The Hall–Kier alpha value is -1.88. The van der Waals surface area contributed by atoms with Gasteiger partial charge in [0.15, 0.2) is 5.58 Å². The molecule has 0 saturated carbocycles. The number of hydrogen-bond donors (Lipinski definition) is 1. The maximum Gasteiger partial charge on any atom is 0.229 e. The molecule has 2 aromatic rings. The van der Waals surface area contributed by atoms with Crippen LogP contribution in [0.2, 0.25) is 0 Å². The molecule has 2 N–H and O–H groups in total. The van der Waals surface area contributed by atoms with Crippen molar-refractivity contribution in [2.75, 3.05) is 6.54 Å². The Morgan fingerprint density at radius 3 is 3.05 bits per heavy atom. The van der Waals surface area contributed by atoms with Gasteiger partial charge >= 0.3 is 0 Å². The zero-order chi connectivity index (χ0) is 14.8. The zero-order valence-electron chi connectivity index (χ0n) is 12.3. The summed E-state index contributed by atoms with van der Waals surface area (Å²) in [6.07, 6.45) is 3.45. The summed E-state index contributed by atoms with van der Waals surface area (Å²) in [4.78, 5) is 14.6. The molecule has 2 unspecified atom stereocenters. The van der Waals surface area contributed by atoms with Crippen LogP contribution in [-0.4, -0.2) is 34.6 Å². The van der Waals surface area contributed by atoms with Gasteiger partial charge in [0.1, 0.15) is 5.69 Å². The Kier molecular flexibility index (Phi) is 3.92. The first-order chi connectivity index (χ1) is 10.2. The van der Waals surface area contributed by atoms with Crippen LogP contribution in [0, 0.1) is 0 Å². The first kappa shape index (κ1) is 14.1. The number of piperidine rings is 1. The van der Waals surface area contributed by atoms with Gasteiger partial charge in [-0.25, -0.2) is 0 Å². The van der Waals surface area contributed by atoms with Crippen molar-refractivity contribution in [3.8, 4) is 0 Å². The highest BCUT2D eigenvalue weighted by Gasteiger charge is 2.31. The molecule has 1 aromatic heterocycles. The average Bonchev–Trinajstić information content (AvgIpc) is 2.90. The Labute approximate surface area is 124 Å². The maximum absolute atomic E-state index is 12.7. The van der Waals surface area contributed by atoms with Crippen molar-refractivity contribution >= 4 is 16.9 Å². The molecule has 3 rings (SSSR count). The standard InChI is InChI=1S/C16H21N3O2/c1-11-5-4-6-12(10-17)19(11)16(20)9-14-13-7-2-3-8-15(13)21-18-14/h2-3,7-8,11-12H,4-6,9-10,17H2,1H3. The second-order valence-corrected chi connectivity index (χ2v) is 5.77. The van der Waals surface area contributed by atoms with Gasteiger partial charge in [-0.15, -0.1) is 0 Å². The summed E-state index contributed by atoms with van der Waals surface area (Å²) in [6, 6.07) is 8.03. The van der Waals surface area contributed by atoms with E-state index >= 15 is 0 Å². The van der Waals surface area contributed by atoms with Gasteiger partial charge in [0, 0.05) is 24.0 Å². The molecular weight excluding hydrogens is 266 g/mol. The van der Waals surface area contributed by atoms with Crippen molar-refractivity contribution in [1.29, 1.82) is 0 Å². The van der Waals surface area contributed by atoms with Crippen molar-refractivity contribution in [2.45, 2.75) is 44.7 Å². The van der Waals surface area contributed by atoms with E-state index in [4.69, 9.17) is 10.3 Å². The topological polar surface area (TPSA) is 72.4 Å². The molecule has 0 radical (unpaired) electrons. The molecule has 1 aromatic carbocycles. The first-order valence-corrected chi connectivity index (χ1v) is 7.55. The molecule has 5 heteroatoms. The molecule has 1 fully saturated rings. The number of carbonyl (C=O) groups is 1. The summed E-state index contributed by atoms with van der Waals surface area (Å²) in [7, 11) is 0. The van der Waals surface area contributed by atoms with Gasteiger partial charge in [-0.05, 0) is 38.3 Å². The minimum Gasteiger partial charge on any atom is -0.356 e. The van der Waals surface area contributed by atoms with Crippen molar-refractivity contribution in [2.24, 2.45) is 5.73 Å². The van der Waals surface area contributed by atoms with E-state index in [1.165, 1.54) is 0 Å². The smallest absolute Gasteiger partial charge is 0.229 e. The van der Waals surface area contributed by atoms with Crippen LogP contribution in [0.4, 0.5) is 0 Å². The molecule has 0 bridgehead atoms. The number of rotatable bonds is 3. The van der Waals surface area contributed by atoms with Crippen molar-refractivity contribution < 1.29 is 9.32 Å². The predicted octanol–water partition coefficient (Wildman–Crippen LogP) is 2.10. The molecule has 2 heterocycles. The number of fused-ring (bicyclic) bond motifs is 1. The summed E-state index contributed by atoms with van der Waals surface area (Å²) in [5, 5.41) is 4.97. The third-order valence-corrected chi connectivity index (χ3v) is 4.36. The second-order valence-electron chi connectivity index (χ2n) is 5.77. The second kappa shape index (κ2) is 5.85. The normalized spacial score (nSPS) is 22.7. The monoisotopic (exact) mass is 287 g/mol. The fourth-order valence-electron chi connectivity index (χ4n) is 3.27. The number of carbonyl (C=O) groups excluding carboxylic acids is 1. The zero-order valence-corrected chi connectivity index (χ0v) is 12.3. The predicted molar refractivity (Wildman–Crippen MR) is 80.7 cm³/mol. The number of aromatic nitrogens is 1. The number of likely N-dealkylation sites (tertiary alicyclic amines) is 1. The Balaban J connectivity index is 1.81. The Morgan fingerprint density at radius 1 is 1.43 bits per heavy atom. The van der Waals surface area contributed by atoms with E-state index in [0.29, 0.717) is 12.2 Å². The van der Waals surface area contributed by atoms with Crippen LogP contribution in [0.15, 0.2) is 28.8 Å². The molecule has 1 aliphatic heterocycles. The van der Waals surface area contributed by atoms with E-state index in [9.17, 15) is 4.79 Å². The number of nitrogens with zero attached hydrogens (tertiary/aromatic N) is 2. The van der Waals surface area contributed by atoms with Crippen LogP contribution >= 0.6 is 0 Å². The van der Waals surface area contributed by atoms with E-state index in [2.05, 4.69) is 12.1 Å². The lowest BCUT2D eigenvalue weighted by atomic mass is 9.95. The van der Waals surface area contributed by atoms with E-state index in [0.717, 1.165) is 30.2 Å². The molecule has 1 saturated heterocycles. The van der Waals surface area contributed by atoms with Crippen LogP contribution in [-0.2, 0) is 11.2 Å². The maximum atomic E-state index is 12.7. The van der Waals surface area contributed by atoms with Crippen LogP contribution in [0.3, 0.4) is 0 Å². The number of amides is 1. The number of para-hydroxylation sites is 1. The number of benzene rings is 1. The Morgan fingerprint density at radius 2 is 2.24 bits per heavy atom. The molecule has 0 spiro atoms. The molecule has 1 amide bonds. The van der Waals surface area contributed by atoms with Gasteiger partial charge in [-0.1, -0.05) is 17.3 Å². The highest BCUT2D eigenvalue weighted by atomic mass is 16.5. The summed E-state index contributed by atoms with van der Waals surface area (Å²) in [5.41, 5.74) is 7.27. The van der Waals surface area contributed by atoms with Gasteiger partial charge < -0.3 is 15.2 Å². The van der Waals surface area contributed by atoms with Crippen molar-refractivity contribution in [1.82, 2.24) is 10.1 Å². The molecular formula is C16H21N3O2. The average molecular weight is 287 g/mol. The lowest BCUT2D eigenvalue weighted by Gasteiger charge is -2.40. The summed E-state index contributed by atoms with van der Waals surface area (Å²) >= 11 is 0. The minimum atomic E-state index is 0.0942. The van der Waals surface area contributed by atoms with E-state index < -0.39 is 0 Å². The van der Waals surface area contributed by atoms with Gasteiger partial charge in [0.2, 0.25) is 5.91 Å². The van der Waals surface area contributed by atoms with E-state index in [-0.39, 0.29) is 24.4 Å². The quantitative estimate of drug-likeness (QED) is 0.938. The minimum absolute atomic E-state index is 0.0942. The van der Waals surface area contributed by atoms with Crippen LogP contribution in [0.1, 0.15) is 31.9 Å². The summed E-state index contributed by atoms with van der Waals surface area (Å²) < 4.78 is 5.27. The molecule has 112 valence electrons. The van der Waals surface area contributed by atoms with Crippen molar-refractivity contribution in [3.05, 3.63) is 30.0 Å². The number of nitrogens with two attached hydrogens (primary N) is 1. The van der Waals surface area contributed by atoms with Crippen LogP contribution < -0.4 is 5.73 Å². The fourth-order valence-corrected chi connectivity index (χ4v) is 3.27. The van der Waals surface area contributed by atoms with Gasteiger partial charge in [-0.2, -0.15) is 0 Å². The number of hydrogen-bond acceptors (Lipinski definition) is 4. The SMILES string of the molecule is CC1CCCC(CN)N1C(=O)Cc1noc2ccccc12.